The van der Waals surface area contributed by atoms with Crippen molar-refractivity contribution in [2.45, 2.75) is 62.6 Å². The van der Waals surface area contributed by atoms with Crippen molar-refractivity contribution in [1.82, 2.24) is 10.8 Å². The van der Waals surface area contributed by atoms with Gasteiger partial charge < -0.3 is 35.2 Å². The fourth-order valence-corrected chi connectivity index (χ4v) is 3.59. The zero-order valence-electron chi connectivity index (χ0n) is 20.8. The summed E-state index contributed by atoms with van der Waals surface area (Å²) >= 11 is 0. The van der Waals surface area contributed by atoms with Crippen molar-refractivity contribution in [1.29, 1.82) is 0 Å². The van der Waals surface area contributed by atoms with E-state index in [1.54, 1.807) is 24.3 Å². The highest BCUT2D eigenvalue weighted by atomic mass is 19.3. The summed E-state index contributed by atoms with van der Waals surface area (Å²) in [5.74, 6) is 3.74. The van der Waals surface area contributed by atoms with Gasteiger partial charge in [-0.25, -0.2) is 14.3 Å². The van der Waals surface area contributed by atoms with Crippen molar-refractivity contribution in [3.05, 3.63) is 65.2 Å². The number of carbonyl (C=O) groups excluding carboxylic acids is 2. The lowest BCUT2D eigenvalue weighted by molar-refractivity contribution is -0.268. The molecule has 0 aliphatic carbocycles. The number of alkyl halides is 2. The number of benzene rings is 2. The molecule has 11 nitrogen and oxygen atoms in total. The molecule has 39 heavy (non-hydrogen) atoms. The Balaban J connectivity index is 1.64. The second kappa shape index (κ2) is 12.5. The third-order valence-electron chi connectivity index (χ3n) is 6.09. The van der Waals surface area contributed by atoms with Crippen LogP contribution in [0.2, 0.25) is 0 Å². The Bertz CT molecular complexity index is 1210. The Labute approximate surface area is 221 Å². The number of hydroxylamine groups is 1. The van der Waals surface area contributed by atoms with E-state index in [4.69, 9.17) is 14.7 Å². The highest BCUT2D eigenvalue weighted by molar-refractivity contribution is 5.97. The first-order valence-electron chi connectivity index (χ1n) is 11.7. The second-order valence-electron chi connectivity index (χ2n) is 9.06. The molecule has 13 heteroatoms. The molecule has 7 N–H and O–H groups in total. The molecule has 1 unspecified atom stereocenters. The van der Waals surface area contributed by atoms with Gasteiger partial charge in [-0.15, -0.1) is 0 Å². The number of amides is 2. The Morgan fingerprint density at radius 1 is 0.974 bits per heavy atom. The summed E-state index contributed by atoms with van der Waals surface area (Å²) in [4.78, 5) is 24.2. The van der Waals surface area contributed by atoms with E-state index >= 15 is 0 Å². The molecule has 2 aromatic carbocycles. The highest BCUT2D eigenvalue weighted by Crippen LogP contribution is 2.24. The number of nitrogens with one attached hydrogen (secondary N) is 2. The van der Waals surface area contributed by atoms with E-state index in [-0.39, 0.29) is 5.56 Å². The molecular weight excluding hydrogens is 522 g/mol. The van der Waals surface area contributed by atoms with Crippen LogP contribution in [-0.4, -0.2) is 86.2 Å². The third-order valence-corrected chi connectivity index (χ3v) is 6.09. The van der Waals surface area contributed by atoms with E-state index in [0.717, 1.165) is 5.48 Å². The second-order valence-corrected chi connectivity index (χ2v) is 9.06. The summed E-state index contributed by atoms with van der Waals surface area (Å²) in [6.45, 7) is 2.19. The van der Waals surface area contributed by atoms with Crippen LogP contribution in [0.3, 0.4) is 0 Å². The maximum Gasteiger partial charge on any atom is 0.269 e. The lowest BCUT2D eigenvalue weighted by Crippen LogP contribution is -2.61. The van der Waals surface area contributed by atoms with Gasteiger partial charge in [0.15, 0.2) is 5.60 Å². The number of hydrogen-bond donors (Lipinski definition) is 7. The van der Waals surface area contributed by atoms with Crippen LogP contribution < -0.4 is 15.5 Å². The molecule has 210 valence electrons. The molecule has 0 saturated carbocycles. The number of ether oxygens (including phenoxy) is 2. The Kier molecular flexibility index (Phi) is 9.57. The van der Waals surface area contributed by atoms with E-state index < -0.39 is 60.6 Å². The Hall–Kier alpha value is -3.64. The molecule has 0 aromatic heterocycles. The van der Waals surface area contributed by atoms with E-state index in [1.807, 2.05) is 5.32 Å². The average molecular weight is 551 g/mol. The minimum absolute atomic E-state index is 0.0121. The topological polar surface area (TPSA) is 178 Å². The first-order valence-corrected chi connectivity index (χ1v) is 11.7. The molecule has 3 rings (SSSR count). The van der Waals surface area contributed by atoms with Gasteiger partial charge in [-0.3, -0.25) is 14.8 Å². The van der Waals surface area contributed by atoms with Crippen molar-refractivity contribution in [2.24, 2.45) is 0 Å². The minimum Gasteiger partial charge on any atom is -0.462 e. The summed E-state index contributed by atoms with van der Waals surface area (Å²) in [6.07, 6.45) is -9.43. The number of rotatable bonds is 7. The predicted octanol–water partition coefficient (Wildman–Crippen LogP) is -0.0874. The van der Waals surface area contributed by atoms with Crippen LogP contribution in [-0.2, 0) is 9.53 Å². The lowest BCUT2D eigenvalue weighted by atomic mass is 9.95. The van der Waals surface area contributed by atoms with Gasteiger partial charge in [0, 0.05) is 16.7 Å². The standard InChI is InChI=1S/C26H28F2N2O9/c1-13-18(31)19(32)20(33)24(38-13)39-17-11-7-15(8-12-17)4-3-14-5-9-16(10-6-14)22(34)29-21(23(35)30-37)26(2,36)25(27)28/h5-13,18-21,24-25,31-33,36-37H,1-2H3,(H,29,34)(H,30,35)/t13-,18+,19+,20-,21+,24?,26-/m0/s1. The number of carbonyl (C=O) groups is 2. The van der Waals surface area contributed by atoms with Gasteiger partial charge in [0.25, 0.3) is 18.2 Å². The summed E-state index contributed by atoms with van der Waals surface area (Å²) in [5.41, 5.74) is -0.726. The SMILES string of the molecule is C[C@@H]1OC(Oc2ccc(C#Cc3ccc(C(=O)N[C@H](C(=O)NO)[C@](C)(O)C(F)F)cc3)cc2)[C@@H](O)[C@H](O)[C@@H]1O. The number of halogens is 2. The molecule has 1 saturated heterocycles. The van der Waals surface area contributed by atoms with Crippen molar-refractivity contribution < 1.29 is 53.5 Å². The number of aliphatic hydroxyl groups excluding tert-OH is 3. The van der Waals surface area contributed by atoms with Crippen LogP contribution in [0.15, 0.2) is 48.5 Å². The zero-order chi connectivity index (χ0) is 28.9. The molecule has 0 radical (unpaired) electrons. The smallest absolute Gasteiger partial charge is 0.269 e. The van der Waals surface area contributed by atoms with Crippen LogP contribution in [0, 0.1) is 11.8 Å². The van der Waals surface area contributed by atoms with Gasteiger partial charge in [-0.05, 0) is 62.4 Å². The average Bonchev–Trinajstić information content (AvgIpc) is 2.92. The van der Waals surface area contributed by atoms with Gasteiger partial charge in [0.1, 0.15) is 30.1 Å². The van der Waals surface area contributed by atoms with E-state index in [0.29, 0.717) is 23.8 Å². The van der Waals surface area contributed by atoms with Crippen LogP contribution in [0.4, 0.5) is 8.78 Å². The fourth-order valence-electron chi connectivity index (χ4n) is 3.59. The maximum atomic E-state index is 13.2. The molecule has 1 heterocycles. The van der Waals surface area contributed by atoms with E-state index in [2.05, 4.69) is 11.8 Å². The van der Waals surface area contributed by atoms with Crippen LogP contribution >= 0.6 is 0 Å². The van der Waals surface area contributed by atoms with Crippen LogP contribution in [0.25, 0.3) is 0 Å². The normalized spacial score (nSPS) is 25.0. The van der Waals surface area contributed by atoms with Gasteiger partial charge in [-0.1, -0.05) is 11.8 Å². The maximum absolute atomic E-state index is 13.2. The summed E-state index contributed by atoms with van der Waals surface area (Å²) in [7, 11) is 0. The van der Waals surface area contributed by atoms with Crippen molar-refractivity contribution in [3.63, 3.8) is 0 Å². The predicted molar refractivity (Wildman–Crippen MR) is 130 cm³/mol. The summed E-state index contributed by atoms with van der Waals surface area (Å²) in [6, 6.07) is 9.92. The molecule has 1 aliphatic rings. The summed E-state index contributed by atoms with van der Waals surface area (Å²) in [5, 5.41) is 50.4. The van der Waals surface area contributed by atoms with Gasteiger partial charge in [0.05, 0.1) is 6.10 Å². The molecular formula is C26H28F2N2O9. The quantitative estimate of drug-likeness (QED) is 0.141. The minimum atomic E-state index is -3.39. The van der Waals surface area contributed by atoms with Crippen molar-refractivity contribution in [3.8, 4) is 17.6 Å². The molecule has 7 atom stereocenters. The molecule has 1 aliphatic heterocycles. The first kappa shape index (κ1) is 29.9. The number of hydrogen-bond acceptors (Lipinski definition) is 9. The first-order chi connectivity index (χ1) is 18.3. The molecule has 0 spiro atoms. The van der Waals surface area contributed by atoms with Crippen LogP contribution in [0.1, 0.15) is 35.3 Å². The van der Waals surface area contributed by atoms with E-state index in [9.17, 15) is 38.8 Å². The lowest BCUT2D eigenvalue weighted by Gasteiger charge is -2.38. The number of aliphatic hydroxyl groups is 4. The van der Waals surface area contributed by atoms with Gasteiger partial charge >= 0.3 is 0 Å². The van der Waals surface area contributed by atoms with Crippen molar-refractivity contribution in [2.75, 3.05) is 0 Å². The molecule has 2 aromatic rings. The Morgan fingerprint density at radius 3 is 2.03 bits per heavy atom. The van der Waals surface area contributed by atoms with Crippen molar-refractivity contribution >= 4 is 11.8 Å². The van der Waals surface area contributed by atoms with E-state index in [1.165, 1.54) is 31.2 Å². The highest BCUT2D eigenvalue weighted by Gasteiger charge is 2.46. The monoisotopic (exact) mass is 550 g/mol. The largest absolute Gasteiger partial charge is 0.462 e. The fraction of sp³-hybridized carbons (Fsp3) is 0.385. The van der Waals surface area contributed by atoms with Gasteiger partial charge in [-0.2, -0.15) is 0 Å². The molecule has 0 bridgehead atoms. The Morgan fingerprint density at radius 2 is 1.51 bits per heavy atom. The zero-order valence-corrected chi connectivity index (χ0v) is 20.8. The molecule has 2 amide bonds. The summed E-state index contributed by atoms with van der Waals surface area (Å²) < 4.78 is 37.3. The third kappa shape index (κ3) is 7.07. The van der Waals surface area contributed by atoms with Crippen LogP contribution in [0.5, 0.6) is 5.75 Å². The van der Waals surface area contributed by atoms with Gasteiger partial charge in [0.2, 0.25) is 6.29 Å². The molecule has 1 fully saturated rings.